The van der Waals surface area contributed by atoms with E-state index in [0.29, 0.717) is 0 Å². The predicted molar refractivity (Wildman–Crippen MR) is 148 cm³/mol. The maximum Gasteiger partial charge on any atom is -0.00740 e. The van der Waals surface area contributed by atoms with E-state index in [0.717, 1.165) is 11.3 Å². The zero-order valence-electron chi connectivity index (χ0n) is 21.1. The summed E-state index contributed by atoms with van der Waals surface area (Å²) in [5, 5.41) is 6.27. The fraction of sp³-hybridized carbons (Fsp3) is 0.400. The van der Waals surface area contributed by atoms with Gasteiger partial charge in [-0.25, -0.2) is 0 Å². The number of hydrogen-bond donors (Lipinski definition) is 0. The number of rotatable bonds is 4. The average molecular weight is 461 g/mol. The molecule has 0 N–H and O–H groups in total. The topological polar surface area (TPSA) is 0 Å². The second-order valence-corrected chi connectivity index (χ2v) is 15.2. The van der Waals surface area contributed by atoms with Crippen LogP contribution in [0.3, 0.4) is 0 Å². The summed E-state index contributed by atoms with van der Waals surface area (Å²) in [4.78, 5) is 0. The lowest BCUT2D eigenvalue weighted by Crippen LogP contribution is -2.32. The van der Waals surface area contributed by atoms with Gasteiger partial charge in [-0.15, -0.1) is 0 Å². The molecular weight excluding hydrogens is 422 g/mol. The van der Waals surface area contributed by atoms with E-state index in [4.69, 9.17) is 0 Å². The molecule has 3 aromatic rings. The van der Waals surface area contributed by atoms with Crippen molar-refractivity contribution >= 4 is 37.1 Å². The van der Waals surface area contributed by atoms with Crippen molar-refractivity contribution in [2.24, 2.45) is 0 Å². The van der Waals surface area contributed by atoms with E-state index in [1.165, 1.54) is 56.8 Å². The van der Waals surface area contributed by atoms with Gasteiger partial charge in [-0.2, -0.15) is 0 Å². The maximum atomic E-state index is 2.49. The molecule has 168 valence electrons. The lowest BCUT2D eigenvalue weighted by Gasteiger charge is -2.30. The Hall–Kier alpha value is -1.48. The van der Waals surface area contributed by atoms with E-state index in [-0.39, 0.29) is 7.92 Å². The number of aryl methyl sites for hydroxylation is 4. The SMILES string of the molecule is Cc1cc(P(c2cc(C)c(C)c(C)c2)c2ccccc2P2C(C)CCC2C)cc(C)c1C. The monoisotopic (exact) mass is 460 g/mol. The van der Waals surface area contributed by atoms with E-state index in [1.54, 1.807) is 10.6 Å². The summed E-state index contributed by atoms with van der Waals surface area (Å²) in [6.45, 7) is 18.6. The summed E-state index contributed by atoms with van der Waals surface area (Å²) < 4.78 is 0. The Labute approximate surface area is 198 Å². The Morgan fingerprint density at radius 2 is 1.06 bits per heavy atom. The third-order valence-corrected chi connectivity index (χ3v) is 13.7. The van der Waals surface area contributed by atoms with Crippen LogP contribution in [0.25, 0.3) is 0 Å². The third kappa shape index (κ3) is 4.34. The summed E-state index contributed by atoms with van der Waals surface area (Å²) in [7, 11) is -0.718. The zero-order chi connectivity index (χ0) is 23.2. The van der Waals surface area contributed by atoms with E-state index in [9.17, 15) is 0 Å². The van der Waals surface area contributed by atoms with Crippen LogP contribution >= 0.6 is 15.8 Å². The molecule has 1 aliphatic heterocycles. The number of benzene rings is 3. The van der Waals surface area contributed by atoms with Gasteiger partial charge in [-0.05, 0) is 128 Å². The summed E-state index contributed by atoms with van der Waals surface area (Å²) in [5.41, 5.74) is 10.2. The van der Waals surface area contributed by atoms with E-state index in [1.807, 2.05) is 0 Å². The van der Waals surface area contributed by atoms with Crippen LogP contribution in [0.1, 0.15) is 60.1 Å². The first-order valence-corrected chi connectivity index (χ1v) is 14.8. The number of hydrogen-bond acceptors (Lipinski definition) is 0. The molecule has 0 bridgehead atoms. The Kier molecular flexibility index (Phi) is 6.96. The van der Waals surface area contributed by atoms with E-state index in [2.05, 4.69) is 104 Å². The largest absolute Gasteiger partial charge is 0.0688 e. The molecule has 3 aromatic carbocycles. The van der Waals surface area contributed by atoms with Gasteiger partial charge in [0.25, 0.3) is 0 Å². The highest BCUT2D eigenvalue weighted by molar-refractivity contribution is 7.82. The lowest BCUT2D eigenvalue weighted by molar-refractivity contribution is 0.777. The van der Waals surface area contributed by atoms with Crippen molar-refractivity contribution in [2.45, 2.75) is 79.5 Å². The molecule has 0 nitrogen and oxygen atoms in total. The van der Waals surface area contributed by atoms with Gasteiger partial charge in [0.1, 0.15) is 0 Å². The van der Waals surface area contributed by atoms with Crippen LogP contribution < -0.4 is 21.2 Å². The molecule has 32 heavy (non-hydrogen) atoms. The smallest absolute Gasteiger partial charge is 0.00740 e. The Balaban J connectivity index is 1.98. The summed E-state index contributed by atoms with van der Waals surface area (Å²) in [6, 6.07) is 19.4. The summed E-state index contributed by atoms with van der Waals surface area (Å²) in [6.07, 6.45) is 2.76. The van der Waals surface area contributed by atoms with Gasteiger partial charge in [0.15, 0.2) is 0 Å². The summed E-state index contributed by atoms with van der Waals surface area (Å²) >= 11 is 0. The molecule has 0 amide bonds. The highest BCUT2D eigenvalue weighted by Gasteiger charge is 2.34. The van der Waals surface area contributed by atoms with Crippen molar-refractivity contribution in [1.29, 1.82) is 0 Å². The van der Waals surface area contributed by atoms with Gasteiger partial charge < -0.3 is 0 Å². The van der Waals surface area contributed by atoms with Crippen molar-refractivity contribution in [3.8, 4) is 0 Å². The first kappa shape index (κ1) is 23.7. The molecular formula is C30H38P2. The van der Waals surface area contributed by atoms with Crippen LogP contribution in [-0.4, -0.2) is 11.3 Å². The predicted octanol–water partition coefficient (Wildman–Crippen LogP) is 6.97. The molecule has 0 saturated carbocycles. The van der Waals surface area contributed by atoms with E-state index >= 15 is 0 Å². The Morgan fingerprint density at radius 1 is 0.656 bits per heavy atom. The molecule has 4 rings (SSSR count). The Bertz CT molecular complexity index is 1030. The molecule has 2 atom stereocenters. The molecule has 1 fully saturated rings. The third-order valence-electron chi connectivity index (χ3n) is 7.69. The quantitative estimate of drug-likeness (QED) is 0.369. The summed E-state index contributed by atoms with van der Waals surface area (Å²) in [5.74, 6) is 0. The minimum Gasteiger partial charge on any atom is -0.0688 e. The van der Waals surface area contributed by atoms with Gasteiger partial charge >= 0.3 is 0 Å². The first-order chi connectivity index (χ1) is 15.2. The minimum atomic E-state index is -0.594. The fourth-order valence-electron chi connectivity index (χ4n) is 5.25. The zero-order valence-corrected chi connectivity index (χ0v) is 22.9. The van der Waals surface area contributed by atoms with E-state index < -0.39 is 7.92 Å². The van der Waals surface area contributed by atoms with Gasteiger partial charge in [0, 0.05) is 0 Å². The lowest BCUT2D eigenvalue weighted by atomic mass is 10.0. The molecule has 2 unspecified atom stereocenters. The van der Waals surface area contributed by atoms with Crippen LogP contribution in [0, 0.1) is 41.5 Å². The van der Waals surface area contributed by atoms with Crippen molar-refractivity contribution < 1.29 is 0 Å². The van der Waals surface area contributed by atoms with Gasteiger partial charge in [-0.1, -0.05) is 70.3 Å². The molecule has 0 radical (unpaired) electrons. The maximum absolute atomic E-state index is 2.49. The first-order valence-electron chi connectivity index (χ1n) is 12.0. The molecule has 2 heteroatoms. The molecule has 0 aliphatic carbocycles. The van der Waals surface area contributed by atoms with Crippen molar-refractivity contribution in [3.05, 3.63) is 81.9 Å². The highest BCUT2D eigenvalue weighted by Crippen LogP contribution is 2.55. The Morgan fingerprint density at radius 3 is 1.50 bits per heavy atom. The van der Waals surface area contributed by atoms with Gasteiger partial charge in [0.05, 0.1) is 0 Å². The molecule has 1 aliphatic rings. The molecule has 1 saturated heterocycles. The second kappa shape index (κ2) is 9.41. The fourth-order valence-corrected chi connectivity index (χ4v) is 11.9. The molecule has 0 aromatic heterocycles. The van der Waals surface area contributed by atoms with Crippen LogP contribution in [0.2, 0.25) is 0 Å². The van der Waals surface area contributed by atoms with Crippen LogP contribution in [0.15, 0.2) is 48.5 Å². The van der Waals surface area contributed by atoms with Crippen molar-refractivity contribution in [2.75, 3.05) is 0 Å². The normalized spacial score (nSPS) is 20.8. The van der Waals surface area contributed by atoms with Crippen molar-refractivity contribution in [1.82, 2.24) is 0 Å². The second-order valence-electron chi connectivity index (χ2n) is 9.92. The molecule has 1 heterocycles. The van der Waals surface area contributed by atoms with Gasteiger partial charge in [-0.3, -0.25) is 0 Å². The standard InChI is InChI=1S/C30H38P2/c1-19-15-27(16-20(2)25(19)7)32(28-17-21(3)26(8)22(4)18-28)30-12-10-9-11-29(30)31-23(5)13-14-24(31)6/h9-12,15-18,23-24H,13-14H2,1-8H3. The van der Waals surface area contributed by atoms with Crippen molar-refractivity contribution in [3.63, 3.8) is 0 Å². The highest BCUT2D eigenvalue weighted by atomic mass is 31.1. The van der Waals surface area contributed by atoms with Crippen LogP contribution in [-0.2, 0) is 0 Å². The minimum absolute atomic E-state index is 0.124. The van der Waals surface area contributed by atoms with Crippen LogP contribution in [0.4, 0.5) is 0 Å². The van der Waals surface area contributed by atoms with Gasteiger partial charge in [0.2, 0.25) is 0 Å². The average Bonchev–Trinajstić information content (AvgIpc) is 3.08. The molecule has 0 spiro atoms. The van der Waals surface area contributed by atoms with Crippen LogP contribution in [0.5, 0.6) is 0 Å².